The van der Waals surface area contributed by atoms with Gasteiger partial charge in [0.2, 0.25) is 0 Å². The number of carboxylic acid groups (broad SMARTS) is 1. The molecule has 200 valence electrons. The van der Waals surface area contributed by atoms with Gasteiger partial charge in [-0.3, -0.25) is 0 Å². The molecule has 40 heavy (non-hydrogen) atoms. The fourth-order valence-corrected chi connectivity index (χ4v) is 4.55. The lowest BCUT2D eigenvalue weighted by Crippen LogP contribution is -2.17. The molecular formula is C34H28ClNO4. The second-order valence-electron chi connectivity index (χ2n) is 9.28. The van der Waals surface area contributed by atoms with Crippen LogP contribution in [0.2, 0.25) is 5.02 Å². The Bertz CT molecular complexity index is 1630. The summed E-state index contributed by atoms with van der Waals surface area (Å²) in [6.45, 7) is 0.654. The predicted octanol–water partition coefficient (Wildman–Crippen LogP) is 8.14. The summed E-state index contributed by atoms with van der Waals surface area (Å²) in [6, 6.07) is 34.5. The Morgan fingerprint density at radius 3 is 2.52 bits per heavy atom. The van der Waals surface area contributed by atoms with Gasteiger partial charge in [-0.2, -0.15) is 0 Å². The van der Waals surface area contributed by atoms with E-state index in [0.29, 0.717) is 17.4 Å². The second kappa shape index (κ2) is 13.1. The van der Waals surface area contributed by atoms with Crippen LogP contribution in [0.4, 0.5) is 0 Å². The molecule has 0 saturated carbocycles. The first kappa shape index (κ1) is 27.1. The normalized spacial score (nSPS) is 12.0. The van der Waals surface area contributed by atoms with Gasteiger partial charge in [0, 0.05) is 10.4 Å². The fourth-order valence-electron chi connectivity index (χ4n) is 4.38. The molecule has 0 aliphatic carbocycles. The first-order chi connectivity index (χ1) is 19.5. The topological polar surface area (TPSA) is 68.7 Å². The summed E-state index contributed by atoms with van der Waals surface area (Å²) < 4.78 is 12.3. The molecule has 6 heteroatoms. The van der Waals surface area contributed by atoms with Crippen LogP contribution in [0.1, 0.15) is 38.8 Å². The van der Waals surface area contributed by atoms with Gasteiger partial charge in [0.25, 0.3) is 0 Å². The van der Waals surface area contributed by atoms with E-state index >= 15 is 0 Å². The van der Waals surface area contributed by atoms with Crippen molar-refractivity contribution >= 4 is 40.6 Å². The van der Waals surface area contributed by atoms with Gasteiger partial charge < -0.3 is 14.6 Å². The highest BCUT2D eigenvalue weighted by atomic mass is 35.5. The number of aromatic nitrogens is 1. The Balaban J connectivity index is 1.35. The quantitative estimate of drug-likeness (QED) is 0.180. The van der Waals surface area contributed by atoms with Gasteiger partial charge in [-0.1, -0.05) is 90.5 Å². The lowest BCUT2D eigenvalue weighted by Gasteiger charge is -2.20. The summed E-state index contributed by atoms with van der Waals surface area (Å²) in [7, 11) is 0. The first-order valence-corrected chi connectivity index (χ1v) is 13.4. The third-order valence-corrected chi connectivity index (χ3v) is 6.70. The Morgan fingerprint density at radius 2 is 1.68 bits per heavy atom. The van der Waals surface area contributed by atoms with Gasteiger partial charge >= 0.3 is 5.97 Å². The van der Waals surface area contributed by atoms with E-state index in [4.69, 9.17) is 26.1 Å². The van der Waals surface area contributed by atoms with Gasteiger partial charge in [0.05, 0.1) is 17.8 Å². The average Bonchev–Trinajstić information content (AvgIpc) is 2.98. The highest BCUT2D eigenvalue weighted by Crippen LogP contribution is 2.25. The Labute approximate surface area is 238 Å². The number of hydrogen-bond acceptors (Lipinski definition) is 4. The summed E-state index contributed by atoms with van der Waals surface area (Å²) in [6.07, 6.45) is 4.31. The third kappa shape index (κ3) is 7.14. The van der Waals surface area contributed by atoms with Crippen molar-refractivity contribution in [1.82, 2.24) is 4.98 Å². The molecule has 5 aromatic rings. The minimum absolute atomic E-state index is 0.117. The highest BCUT2D eigenvalue weighted by molar-refractivity contribution is 6.31. The van der Waals surface area contributed by atoms with Crippen LogP contribution in [-0.2, 0) is 11.2 Å². The maximum absolute atomic E-state index is 11.7. The zero-order chi connectivity index (χ0) is 27.7. The Morgan fingerprint density at radius 1 is 0.875 bits per heavy atom. The molecule has 5 nitrogen and oxygen atoms in total. The fraction of sp³-hybridized carbons (Fsp3) is 0.118. The number of aromatic carboxylic acids is 1. The van der Waals surface area contributed by atoms with E-state index in [0.717, 1.165) is 34.1 Å². The largest absolute Gasteiger partial charge is 0.490 e. The van der Waals surface area contributed by atoms with Crippen LogP contribution >= 0.6 is 11.6 Å². The molecule has 1 atom stereocenters. The van der Waals surface area contributed by atoms with E-state index in [2.05, 4.69) is 12.1 Å². The molecule has 1 aromatic heterocycles. The molecule has 0 spiro atoms. The molecule has 4 aromatic carbocycles. The van der Waals surface area contributed by atoms with E-state index in [9.17, 15) is 9.90 Å². The van der Waals surface area contributed by atoms with Crippen molar-refractivity contribution in [2.45, 2.75) is 12.5 Å². The number of halogens is 1. The minimum Gasteiger partial charge on any atom is -0.490 e. The van der Waals surface area contributed by atoms with E-state index in [-0.39, 0.29) is 12.2 Å². The van der Waals surface area contributed by atoms with Gasteiger partial charge in [0.15, 0.2) is 0 Å². The Kier molecular flexibility index (Phi) is 8.86. The van der Waals surface area contributed by atoms with Crippen LogP contribution in [0.3, 0.4) is 0 Å². The highest BCUT2D eigenvalue weighted by Gasteiger charge is 2.17. The van der Waals surface area contributed by atoms with Crippen LogP contribution in [0.5, 0.6) is 5.75 Å². The number of rotatable bonds is 11. The molecule has 0 radical (unpaired) electrons. The second-order valence-corrected chi connectivity index (χ2v) is 9.72. The van der Waals surface area contributed by atoms with Crippen molar-refractivity contribution in [3.8, 4) is 5.75 Å². The molecule has 0 bridgehead atoms. The van der Waals surface area contributed by atoms with Gasteiger partial charge in [-0.15, -0.1) is 0 Å². The van der Waals surface area contributed by atoms with Crippen molar-refractivity contribution in [3.05, 3.63) is 142 Å². The van der Waals surface area contributed by atoms with Crippen molar-refractivity contribution in [2.24, 2.45) is 0 Å². The van der Waals surface area contributed by atoms with Crippen molar-refractivity contribution < 1.29 is 19.4 Å². The van der Waals surface area contributed by atoms with Crippen LogP contribution in [0.15, 0.2) is 109 Å². The molecule has 1 N–H and O–H groups in total. The van der Waals surface area contributed by atoms with E-state index in [1.54, 1.807) is 18.2 Å². The SMILES string of the molecule is O=C(O)c1ccccc1OCC(OCCc1ccccc1)c1cccc(/C=C/c2ccc3ccc(Cl)cc3n2)c1. The van der Waals surface area contributed by atoms with Crippen molar-refractivity contribution in [1.29, 1.82) is 0 Å². The maximum atomic E-state index is 11.7. The molecular weight excluding hydrogens is 522 g/mol. The predicted molar refractivity (Wildman–Crippen MR) is 160 cm³/mol. The van der Waals surface area contributed by atoms with Crippen molar-refractivity contribution in [2.75, 3.05) is 13.2 Å². The number of carboxylic acids is 1. The molecule has 1 unspecified atom stereocenters. The van der Waals surface area contributed by atoms with Crippen LogP contribution in [0, 0.1) is 0 Å². The molecule has 0 amide bonds. The number of para-hydroxylation sites is 1. The standard InChI is InChI=1S/C34H28ClNO4/c35-28-16-14-26-15-18-29(36-31(26)22-28)17-13-25-9-6-10-27(21-25)33(39-20-19-24-7-2-1-3-8-24)23-40-32-12-5-4-11-30(32)34(37)38/h1-18,21-22,33H,19-20,23H2,(H,37,38)/b17-13+. The van der Waals surface area contributed by atoms with Gasteiger partial charge in [-0.25, -0.2) is 9.78 Å². The molecule has 1 heterocycles. The van der Waals surface area contributed by atoms with Gasteiger partial charge in [-0.05, 0) is 65.6 Å². The monoisotopic (exact) mass is 549 g/mol. The number of nitrogens with zero attached hydrogens (tertiary/aromatic N) is 1. The number of fused-ring (bicyclic) bond motifs is 1. The summed E-state index contributed by atoms with van der Waals surface area (Å²) >= 11 is 6.14. The van der Waals surface area contributed by atoms with E-state index < -0.39 is 12.1 Å². The summed E-state index contributed by atoms with van der Waals surface area (Å²) in [5.41, 5.74) is 4.87. The lowest BCUT2D eigenvalue weighted by molar-refractivity contribution is 0.0201. The zero-order valence-electron chi connectivity index (χ0n) is 21.7. The molecule has 0 aliphatic rings. The number of pyridine rings is 1. The number of benzene rings is 4. The third-order valence-electron chi connectivity index (χ3n) is 6.46. The first-order valence-electron chi connectivity index (χ1n) is 13.0. The lowest BCUT2D eigenvalue weighted by atomic mass is 10.1. The number of carbonyl (C=O) groups is 1. The summed E-state index contributed by atoms with van der Waals surface area (Å²) in [4.78, 5) is 16.4. The minimum atomic E-state index is -1.03. The molecule has 0 fully saturated rings. The Hall–Kier alpha value is -4.45. The van der Waals surface area contributed by atoms with Crippen LogP contribution < -0.4 is 4.74 Å². The van der Waals surface area contributed by atoms with Gasteiger partial charge in [0.1, 0.15) is 24.0 Å². The molecule has 5 rings (SSSR count). The summed E-state index contributed by atoms with van der Waals surface area (Å²) in [5, 5.41) is 11.2. The van der Waals surface area contributed by atoms with E-state index in [1.165, 1.54) is 11.6 Å². The van der Waals surface area contributed by atoms with Crippen LogP contribution in [-0.4, -0.2) is 29.3 Å². The molecule has 0 aliphatic heterocycles. The van der Waals surface area contributed by atoms with Crippen molar-refractivity contribution in [3.63, 3.8) is 0 Å². The maximum Gasteiger partial charge on any atom is 0.339 e. The summed E-state index contributed by atoms with van der Waals surface area (Å²) in [5.74, 6) is -0.723. The smallest absolute Gasteiger partial charge is 0.339 e. The average molecular weight is 550 g/mol. The number of ether oxygens (including phenoxy) is 2. The van der Waals surface area contributed by atoms with Crippen LogP contribution in [0.25, 0.3) is 23.1 Å². The number of hydrogen-bond donors (Lipinski definition) is 1. The van der Waals surface area contributed by atoms with E-state index in [1.807, 2.05) is 84.9 Å². The zero-order valence-corrected chi connectivity index (χ0v) is 22.5. The molecule has 0 saturated heterocycles.